The number of hydrogen-bond acceptors (Lipinski definition) is 3. The lowest BCUT2D eigenvalue weighted by molar-refractivity contribution is -0.107. The molecule has 0 heterocycles. The van der Waals surface area contributed by atoms with Gasteiger partial charge in [-0.3, -0.25) is 0 Å². The zero-order valence-electron chi connectivity index (χ0n) is 7.50. The molecule has 1 rings (SSSR count). The molecule has 0 atom stereocenters. The minimum absolute atomic E-state index is 0.254. The Labute approximate surface area is 83.8 Å². The third-order valence-electron chi connectivity index (χ3n) is 1.43. The molecule has 4 nitrogen and oxygen atoms in total. The van der Waals surface area contributed by atoms with Crippen molar-refractivity contribution in [2.45, 2.75) is 0 Å². The molecule has 0 aliphatic rings. The molecule has 0 bridgehead atoms. The molecule has 1 N–H and O–H groups in total. The Kier molecular flexibility index (Phi) is 3.73. The van der Waals surface area contributed by atoms with Gasteiger partial charge in [-0.05, 0) is 12.1 Å². The predicted molar refractivity (Wildman–Crippen MR) is 46.4 cm³/mol. The SMILES string of the molecule is O=CCNC(=O)Oc1cc(F)ccc1F. The molecule has 0 aromatic heterocycles. The molecule has 0 saturated carbocycles. The van der Waals surface area contributed by atoms with Crippen molar-refractivity contribution >= 4 is 12.4 Å². The maximum Gasteiger partial charge on any atom is 0.413 e. The highest BCUT2D eigenvalue weighted by molar-refractivity contribution is 5.73. The van der Waals surface area contributed by atoms with E-state index in [1.807, 2.05) is 5.32 Å². The highest BCUT2D eigenvalue weighted by atomic mass is 19.1. The normalized spacial score (nSPS) is 9.47. The summed E-state index contributed by atoms with van der Waals surface area (Å²) in [5, 5.41) is 2.01. The van der Waals surface area contributed by atoms with Crippen LogP contribution in [-0.4, -0.2) is 18.9 Å². The van der Waals surface area contributed by atoms with Crippen LogP contribution < -0.4 is 10.1 Å². The Morgan fingerprint density at radius 3 is 2.87 bits per heavy atom. The number of hydrogen-bond donors (Lipinski definition) is 1. The number of amides is 1. The smallest absolute Gasteiger partial charge is 0.407 e. The second kappa shape index (κ2) is 5.04. The molecule has 0 radical (unpaired) electrons. The zero-order valence-corrected chi connectivity index (χ0v) is 7.50. The predicted octanol–water partition coefficient (Wildman–Crippen LogP) is 1.25. The lowest BCUT2D eigenvalue weighted by Gasteiger charge is -2.04. The fourth-order valence-electron chi connectivity index (χ4n) is 0.816. The maximum atomic E-state index is 12.9. The topological polar surface area (TPSA) is 55.4 Å². The minimum Gasteiger partial charge on any atom is -0.407 e. The van der Waals surface area contributed by atoms with E-state index < -0.39 is 23.5 Å². The van der Waals surface area contributed by atoms with Crippen molar-refractivity contribution < 1.29 is 23.1 Å². The van der Waals surface area contributed by atoms with Gasteiger partial charge in [0.2, 0.25) is 0 Å². The molecule has 0 saturated heterocycles. The van der Waals surface area contributed by atoms with Crippen molar-refractivity contribution in [3.8, 4) is 5.75 Å². The van der Waals surface area contributed by atoms with Crippen molar-refractivity contribution in [1.29, 1.82) is 0 Å². The van der Waals surface area contributed by atoms with Crippen LogP contribution in [0.5, 0.6) is 5.75 Å². The van der Waals surface area contributed by atoms with Crippen LogP contribution >= 0.6 is 0 Å². The molecule has 0 unspecified atom stereocenters. The van der Waals surface area contributed by atoms with E-state index in [2.05, 4.69) is 4.74 Å². The van der Waals surface area contributed by atoms with Crippen LogP contribution in [0, 0.1) is 11.6 Å². The number of carbonyl (C=O) groups is 2. The fourth-order valence-corrected chi connectivity index (χ4v) is 0.816. The Morgan fingerprint density at radius 1 is 1.47 bits per heavy atom. The molecule has 0 aliphatic carbocycles. The van der Waals surface area contributed by atoms with Gasteiger partial charge in [-0.25, -0.2) is 13.6 Å². The molecular formula is C9H7F2NO3. The van der Waals surface area contributed by atoms with Crippen LogP contribution in [0.2, 0.25) is 0 Å². The number of rotatable bonds is 3. The minimum atomic E-state index is -1.02. The van der Waals surface area contributed by atoms with Gasteiger partial charge in [0.25, 0.3) is 0 Å². The van der Waals surface area contributed by atoms with Gasteiger partial charge in [-0.1, -0.05) is 0 Å². The van der Waals surface area contributed by atoms with E-state index >= 15 is 0 Å². The van der Waals surface area contributed by atoms with Gasteiger partial charge in [0.1, 0.15) is 12.1 Å². The molecular weight excluding hydrogens is 208 g/mol. The van der Waals surface area contributed by atoms with Crippen LogP contribution in [0.1, 0.15) is 0 Å². The Hall–Kier alpha value is -1.98. The van der Waals surface area contributed by atoms with Crippen molar-refractivity contribution in [2.75, 3.05) is 6.54 Å². The van der Waals surface area contributed by atoms with Gasteiger partial charge in [-0.2, -0.15) is 0 Å². The first-order valence-corrected chi connectivity index (χ1v) is 3.98. The van der Waals surface area contributed by atoms with E-state index in [1.165, 1.54) is 0 Å². The van der Waals surface area contributed by atoms with Crippen molar-refractivity contribution in [1.82, 2.24) is 5.32 Å². The van der Waals surface area contributed by atoms with Crippen molar-refractivity contribution in [3.63, 3.8) is 0 Å². The number of ether oxygens (including phenoxy) is 1. The molecule has 1 aromatic carbocycles. The Bertz CT molecular complexity index is 382. The first-order chi connectivity index (χ1) is 7.13. The average molecular weight is 215 g/mol. The largest absolute Gasteiger partial charge is 0.413 e. The van der Waals surface area contributed by atoms with Crippen LogP contribution in [0.3, 0.4) is 0 Å². The maximum absolute atomic E-state index is 12.9. The van der Waals surface area contributed by atoms with E-state index in [9.17, 15) is 18.4 Å². The number of carbonyl (C=O) groups excluding carboxylic acids is 2. The van der Waals surface area contributed by atoms with E-state index in [-0.39, 0.29) is 6.54 Å². The third kappa shape index (κ3) is 3.34. The van der Waals surface area contributed by atoms with Gasteiger partial charge in [0, 0.05) is 6.07 Å². The van der Waals surface area contributed by atoms with Crippen molar-refractivity contribution in [3.05, 3.63) is 29.8 Å². The third-order valence-corrected chi connectivity index (χ3v) is 1.43. The lowest BCUT2D eigenvalue weighted by atomic mass is 10.3. The molecule has 0 spiro atoms. The van der Waals surface area contributed by atoms with Gasteiger partial charge in [0.05, 0.1) is 6.54 Å². The summed E-state index contributed by atoms with van der Waals surface area (Å²) in [6.45, 7) is -0.254. The highest BCUT2D eigenvalue weighted by Gasteiger charge is 2.09. The second-order valence-corrected chi connectivity index (χ2v) is 2.51. The molecule has 1 amide bonds. The van der Waals surface area contributed by atoms with Crippen LogP contribution in [0.15, 0.2) is 18.2 Å². The molecule has 1 aromatic rings. The summed E-state index contributed by atoms with van der Waals surface area (Å²) >= 11 is 0. The van der Waals surface area contributed by atoms with Crippen LogP contribution in [0.25, 0.3) is 0 Å². The summed E-state index contributed by atoms with van der Waals surface area (Å²) in [6.07, 6.45) is -0.588. The van der Waals surface area contributed by atoms with Gasteiger partial charge < -0.3 is 14.8 Å². The molecule has 15 heavy (non-hydrogen) atoms. The number of aldehydes is 1. The molecule has 0 fully saturated rings. The van der Waals surface area contributed by atoms with Gasteiger partial charge >= 0.3 is 6.09 Å². The van der Waals surface area contributed by atoms with Crippen LogP contribution in [0.4, 0.5) is 13.6 Å². The van der Waals surface area contributed by atoms with E-state index in [0.29, 0.717) is 6.29 Å². The molecule has 80 valence electrons. The Balaban J connectivity index is 2.67. The standard InChI is InChI=1S/C9H7F2NO3/c10-6-1-2-7(11)8(5-6)15-9(14)12-3-4-13/h1-2,4-5H,3H2,(H,12,14). The summed E-state index contributed by atoms with van der Waals surface area (Å²) in [4.78, 5) is 20.7. The van der Waals surface area contributed by atoms with Crippen molar-refractivity contribution in [2.24, 2.45) is 0 Å². The van der Waals surface area contributed by atoms with E-state index in [0.717, 1.165) is 18.2 Å². The highest BCUT2D eigenvalue weighted by Crippen LogP contribution is 2.17. The van der Waals surface area contributed by atoms with Crippen LogP contribution in [-0.2, 0) is 4.79 Å². The monoisotopic (exact) mass is 215 g/mol. The summed E-state index contributed by atoms with van der Waals surface area (Å²) in [5.41, 5.74) is 0. The van der Waals surface area contributed by atoms with E-state index in [4.69, 9.17) is 0 Å². The van der Waals surface area contributed by atoms with E-state index in [1.54, 1.807) is 0 Å². The fraction of sp³-hybridized carbons (Fsp3) is 0.111. The van der Waals surface area contributed by atoms with Gasteiger partial charge in [-0.15, -0.1) is 0 Å². The summed E-state index contributed by atoms with van der Waals surface area (Å²) in [7, 11) is 0. The Morgan fingerprint density at radius 2 is 2.20 bits per heavy atom. The molecule has 6 heteroatoms. The second-order valence-electron chi connectivity index (χ2n) is 2.51. The first-order valence-electron chi connectivity index (χ1n) is 3.98. The number of nitrogens with one attached hydrogen (secondary N) is 1. The zero-order chi connectivity index (χ0) is 11.3. The lowest BCUT2D eigenvalue weighted by Crippen LogP contribution is -2.28. The summed E-state index contributed by atoms with van der Waals surface area (Å²) in [5.74, 6) is -2.12. The quantitative estimate of drug-likeness (QED) is 0.772. The first kappa shape index (κ1) is 11.1. The van der Waals surface area contributed by atoms with Gasteiger partial charge in [0.15, 0.2) is 11.6 Å². The summed E-state index contributed by atoms with van der Waals surface area (Å²) < 4.78 is 29.9. The summed E-state index contributed by atoms with van der Waals surface area (Å²) in [6, 6.07) is 2.46. The number of halogens is 2. The average Bonchev–Trinajstić information content (AvgIpc) is 2.20. The number of benzene rings is 1. The molecule has 0 aliphatic heterocycles.